The Balaban J connectivity index is 1.99. The maximum absolute atomic E-state index is 12.5. The molecule has 18 heavy (non-hydrogen) atoms. The molecule has 0 aromatic carbocycles. The Morgan fingerprint density at radius 3 is 2.50 bits per heavy atom. The largest absolute Gasteiger partial charge is 0.469 e. The van der Waals surface area contributed by atoms with Crippen molar-refractivity contribution in [3.63, 3.8) is 0 Å². The minimum Gasteiger partial charge on any atom is -0.469 e. The summed E-state index contributed by atoms with van der Waals surface area (Å²) < 4.78 is 4.98. The molecule has 0 aromatic rings. The first-order valence-corrected chi connectivity index (χ1v) is 6.89. The van der Waals surface area contributed by atoms with Crippen LogP contribution in [0.1, 0.15) is 46.5 Å². The highest BCUT2D eigenvalue weighted by Gasteiger charge is 2.79. The second kappa shape index (κ2) is 3.17. The highest BCUT2D eigenvalue weighted by Crippen LogP contribution is 2.78. The number of ketones is 1. The van der Waals surface area contributed by atoms with Crippen molar-refractivity contribution in [3.8, 4) is 0 Å². The van der Waals surface area contributed by atoms with E-state index in [-0.39, 0.29) is 28.5 Å². The Morgan fingerprint density at radius 2 is 2.00 bits per heavy atom. The fraction of sp³-hybridized carbons (Fsp3) is 0.867. The lowest BCUT2D eigenvalue weighted by Gasteiger charge is -2.74. The van der Waals surface area contributed by atoms with Gasteiger partial charge in [0.25, 0.3) is 0 Å². The fourth-order valence-corrected chi connectivity index (χ4v) is 5.66. The number of methoxy groups -OCH3 is 1. The molecule has 0 spiro atoms. The molecule has 0 heterocycles. The van der Waals surface area contributed by atoms with Gasteiger partial charge in [0, 0.05) is 12.3 Å². The van der Waals surface area contributed by atoms with Gasteiger partial charge < -0.3 is 4.74 Å². The predicted molar refractivity (Wildman–Crippen MR) is 66.8 cm³/mol. The van der Waals surface area contributed by atoms with Crippen LogP contribution in [-0.2, 0) is 14.3 Å². The first-order valence-electron chi connectivity index (χ1n) is 6.89. The molecule has 0 aromatic heterocycles. The van der Waals surface area contributed by atoms with E-state index in [1.165, 1.54) is 7.11 Å². The van der Waals surface area contributed by atoms with Crippen molar-refractivity contribution in [1.29, 1.82) is 0 Å². The Labute approximate surface area is 108 Å². The number of rotatable bonds is 1. The number of ether oxygens (including phenoxy) is 1. The SMILES string of the molecule is COC(=O)[C@]12CC[C@H]1[C@]1(C)CC(C)(C)CC(=O)[C@@H]12. The van der Waals surface area contributed by atoms with Crippen LogP contribution in [-0.4, -0.2) is 18.9 Å². The topological polar surface area (TPSA) is 43.4 Å². The number of carbonyl (C=O) groups is 2. The summed E-state index contributed by atoms with van der Waals surface area (Å²) in [5.41, 5.74) is -0.331. The van der Waals surface area contributed by atoms with Gasteiger partial charge in [-0.25, -0.2) is 0 Å². The summed E-state index contributed by atoms with van der Waals surface area (Å²) in [7, 11) is 1.44. The quantitative estimate of drug-likeness (QED) is 0.672. The molecule has 0 aliphatic heterocycles. The lowest BCUT2D eigenvalue weighted by Crippen LogP contribution is -2.76. The summed E-state index contributed by atoms with van der Waals surface area (Å²) in [6, 6.07) is 0. The molecule has 0 saturated heterocycles. The molecular formula is C15H22O3. The zero-order chi connectivity index (χ0) is 13.3. The first-order chi connectivity index (χ1) is 8.28. The van der Waals surface area contributed by atoms with Gasteiger partial charge in [0.1, 0.15) is 5.78 Å². The van der Waals surface area contributed by atoms with Crippen LogP contribution in [0.5, 0.6) is 0 Å². The van der Waals surface area contributed by atoms with Gasteiger partial charge in [-0.05, 0) is 36.0 Å². The second-order valence-electron chi connectivity index (χ2n) is 7.55. The Kier molecular flexibility index (Phi) is 2.15. The minimum atomic E-state index is -0.447. The van der Waals surface area contributed by atoms with Crippen LogP contribution in [0.25, 0.3) is 0 Å². The standard InChI is InChI=1S/C15H22O3/c1-13(2)7-9(16)11-14(3,8-13)10-5-6-15(10,11)12(17)18-4/h10-11H,5-8H2,1-4H3/t10-,11-,14-,15+/m0/s1. The van der Waals surface area contributed by atoms with Crippen LogP contribution in [0.2, 0.25) is 0 Å². The molecule has 0 amide bonds. The average Bonchev–Trinajstić information content (AvgIpc) is 2.18. The Morgan fingerprint density at radius 1 is 1.33 bits per heavy atom. The summed E-state index contributed by atoms with van der Waals surface area (Å²) in [4.78, 5) is 24.6. The highest BCUT2D eigenvalue weighted by atomic mass is 16.5. The van der Waals surface area contributed by atoms with Crippen molar-refractivity contribution in [2.45, 2.75) is 46.5 Å². The van der Waals surface area contributed by atoms with Crippen molar-refractivity contribution >= 4 is 11.8 Å². The van der Waals surface area contributed by atoms with Gasteiger partial charge in [-0.2, -0.15) is 0 Å². The molecule has 3 aliphatic carbocycles. The van der Waals surface area contributed by atoms with E-state index in [4.69, 9.17) is 4.74 Å². The van der Waals surface area contributed by atoms with Crippen LogP contribution in [0.4, 0.5) is 0 Å². The molecule has 3 fully saturated rings. The third-order valence-electron chi connectivity index (χ3n) is 5.84. The third kappa shape index (κ3) is 1.11. The molecule has 100 valence electrons. The van der Waals surface area contributed by atoms with Gasteiger partial charge in [-0.15, -0.1) is 0 Å². The Hall–Kier alpha value is -0.860. The monoisotopic (exact) mass is 250 g/mol. The number of hydrogen-bond acceptors (Lipinski definition) is 3. The molecule has 3 nitrogen and oxygen atoms in total. The number of carbonyl (C=O) groups excluding carboxylic acids is 2. The Bertz CT molecular complexity index is 439. The third-order valence-corrected chi connectivity index (χ3v) is 5.84. The number of Topliss-reactive ketones (excluding diaryl/α,β-unsaturated/α-hetero) is 1. The minimum absolute atomic E-state index is 0.0330. The van der Waals surface area contributed by atoms with Gasteiger partial charge in [0.2, 0.25) is 0 Å². The summed E-state index contributed by atoms with van der Waals surface area (Å²) in [6.07, 6.45) is 3.58. The predicted octanol–water partition coefficient (Wildman–Crippen LogP) is 2.58. The van der Waals surface area contributed by atoms with Crippen molar-refractivity contribution < 1.29 is 14.3 Å². The average molecular weight is 250 g/mol. The van der Waals surface area contributed by atoms with Gasteiger partial charge >= 0.3 is 5.97 Å². The van der Waals surface area contributed by atoms with Crippen LogP contribution in [0.15, 0.2) is 0 Å². The fourth-order valence-electron chi connectivity index (χ4n) is 5.66. The molecule has 0 radical (unpaired) electrons. The molecular weight excluding hydrogens is 228 g/mol. The number of esters is 1. The maximum atomic E-state index is 12.5. The van der Waals surface area contributed by atoms with Crippen LogP contribution >= 0.6 is 0 Å². The molecule has 3 saturated carbocycles. The molecule has 0 N–H and O–H groups in total. The second-order valence-corrected chi connectivity index (χ2v) is 7.55. The van der Waals surface area contributed by atoms with E-state index in [1.807, 2.05) is 0 Å². The lowest BCUT2D eigenvalue weighted by atomic mass is 9.27. The molecule has 0 unspecified atom stereocenters. The number of fused-ring (bicyclic) bond motifs is 4. The summed E-state index contributed by atoms with van der Waals surface area (Å²) in [5.74, 6) is 0.430. The zero-order valence-corrected chi connectivity index (χ0v) is 11.7. The van der Waals surface area contributed by atoms with E-state index in [0.29, 0.717) is 12.3 Å². The smallest absolute Gasteiger partial charge is 0.312 e. The molecule has 3 rings (SSSR count). The number of hydrogen-bond donors (Lipinski definition) is 0. The van der Waals surface area contributed by atoms with Gasteiger partial charge in [-0.3, -0.25) is 9.59 Å². The lowest BCUT2D eigenvalue weighted by molar-refractivity contribution is -0.271. The summed E-state index contributed by atoms with van der Waals surface area (Å²) in [5, 5.41) is 0. The molecule has 3 heteroatoms. The normalized spacial score (nSPS) is 48.3. The van der Waals surface area contributed by atoms with Gasteiger partial charge in [-0.1, -0.05) is 20.8 Å². The van der Waals surface area contributed by atoms with E-state index < -0.39 is 5.41 Å². The molecule has 3 aliphatic rings. The molecule has 4 atom stereocenters. The van der Waals surface area contributed by atoms with E-state index in [0.717, 1.165) is 19.3 Å². The maximum Gasteiger partial charge on any atom is 0.312 e. The van der Waals surface area contributed by atoms with E-state index in [2.05, 4.69) is 20.8 Å². The van der Waals surface area contributed by atoms with Crippen LogP contribution in [0.3, 0.4) is 0 Å². The van der Waals surface area contributed by atoms with Crippen molar-refractivity contribution in [1.82, 2.24) is 0 Å². The van der Waals surface area contributed by atoms with Crippen molar-refractivity contribution in [2.75, 3.05) is 7.11 Å². The van der Waals surface area contributed by atoms with Crippen LogP contribution < -0.4 is 0 Å². The van der Waals surface area contributed by atoms with Crippen LogP contribution in [0, 0.1) is 28.1 Å². The summed E-state index contributed by atoms with van der Waals surface area (Å²) in [6.45, 7) is 6.55. The van der Waals surface area contributed by atoms with E-state index >= 15 is 0 Å². The molecule has 0 bridgehead atoms. The zero-order valence-electron chi connectivity index (χ0n) is 11.7. The summed E-state index contributed by atoms with van der Waals surface area (Å²) >= 11 is 0. The first kappa shape index (κ1) is 12.2. The van der Waals surface area contributed by atoms with E-state index in [9.17, 15) is 9.59 Å². The van der Waals surface area contributed by atoms with Crippen molar-refractivity contribution in [3.05, 3.63) is 0 Å². The van der Waals surface area contributed by atoms with Gasteiger partial charge in [0.05, 0.1) is 12.5 Å². The van der Waals surface area contributed by atoms with Crippen molar-refractivity contribution in [2.24, 2.45) is 28.1 Å². The van der Waals surface area contributed by atoms with E-state index in [1.54, 1.807) is 0 Å². The highest BCUT2D eigenvalue weighted by molar-refractivity contribution is 5.94. The van der Waals surface area contributed by atoms with Gasteiger partial charge in [0.15, 0.2) is 0 Å².